The molecule has 2 heterocycles. The summed E-state index contributed by atoms with van der Waals surface area (Å²) < 4.78 is 3.35. The molecule has 25 heavy (non-hydrogen) atoms. The first-order valence-corrected chi connectivity index (χ1v) is 9.50. The number of halogens is 4. The zero-order valence-electron chi connectivity index (χ0n) is 12.7. The third kappa shape index (κ3) is 3.90. The van der Waals surface area contributed by atoms with Crippen molar-refractivity contribution in [1.82, 2.24) is 9.78 Å². The van der Waals surface area contributed by atoms with Crippen LogP contribution in [0.3, 0.4) is 0 Å². The first kappa shape index (κ1) is 18.4. The smallest absolute Gasteiger partial charge is 0.128 e. The highest BCUT2D eigenvalue weighted by Gasteiger charge is 2.11. The van der Waals surface area contributed by atoms with Gasteiger partial charge in [-0.25, -0.2) is 0 Å². The summed E-state index contributed by atoms with van der Waals surface area (Å²) in [7, 11) is 0. The van der Waals surface area contributed by atoms with Gasteiger partial charge in [0, 0.05) is 32.3 Å². The van der Waals surface area contributed by atoms with Gasteiger partial charge in [-0.05, 0) is 55.6 Å². The molecule has 1 aromatic heterocycles. The summed E-state index contributed by atoms with van der Waals surface area (Å²) >= 11 is 18.7. The minimum Gasteiger partial charge on any atom is -0.288 e. The van der Waals surface area contributed by atoms with Crippen LogP contribution in [0.15, 0.2) is 44.4 Å². The number of hydrogen-bond acceptors (Lipinski definition) is 3. The molecule has 0 fully saturated rings. The summed E-state index contributed by atoms with van der Waals surface area (Å²) in [5.41, 5.74) is 3.06. The van der Waals surface area contributed by atoms with Gasteiger partial charge in [0.25, 0.3) is 0 Å². The van der Waals surface area contributed by atoms with Gasteiger partial charge < -0.3 is 0 Å². The highest BCUT2D eigenvalue weighted by molar-refractivity contribution is 9.10. The maximum atomic E-state index is 8.52. The number of hydrogen-bond donors (Lipinski definition) is 0. The molecule has 1 aliphatic rings. The van der Waals surface area contributed by atoms with Crippen LogP contribution < -0.4 is 0 Å². The predicted molar refractivity (Wildman–Crippen MR) is 109 cm³/mol. The molecule has 2 aromatic carbocycles. The van der Waals surface area contributed by atoms with E-state index in [1.807, 2.05) is 36.5 Å². The summed E-state index contributed by atoms with van der Waals surface area (Å²) in [5, 5.41) is 15.0. The fraction of sp³-hybridized carbons (Fsp3) is 0.118. The Morgan fingerprint density at radius 2 is 1.84 bits per heavy atom. The fourth-order valence-electron chi connectivity index (χ4n) is 2.35. The average Bonchev–Trinajstić information content (AvgIpc) is 3.23. The molecule has 0 amide bonds. The lowest BCUT2D eigenvalue weighted by Gasteiger charge is -2.00. The van der Waals surface area contributed by atoms with Gasteiger partial charge in [0.05, 0.1) is 28.2 Å². The van der Waals surface area contributed by atoms with Gasteiger partial charge in [-0.3, -0.25) is 9.67 Å². The van der Waals surface area contributed by atoms with Crippen LogP contribution in [-0.4, -0.2) is 16.0 Å². The van der Waals surface area contributed by atoms with Crippen LogP contribution >= 0.6 is 55.1 Å². The second-order valence-electron chi connectivity index (χ2n) is 5.18. The molecule has 1 aliphatic heterocycles. The standard InChI is InChI=1S/C9H5BrClN3.C8H5BrClN/c10-7-1-2-8-6(9(7)11)5-14(13-8)4-3-12;9-7-2-1-5-3-11-4-6(5)8(7)10/h1-2,5H,4H2;1-2,4H,3H2. The maximum absolute atomic E-state index is 8.52. The lowest BCUT2D eigenvalue weighted by atomic mass is 10.1. The van der Waals surface area contributed by atoms with Gasteiger partial charge >= 0.3 is 0 Å². The van der Waals surface area contributed by atoms with Crippen LogP contribution in [0.5, 0.6) is 0 Å². The van der Waals surface area contributed by atoms with Crippen LogP contribution in [-0.2, 0) is 13.1 Å². The molecule has 0 spiro atoms. The molecule has 0 N–H and O–H groups in total. The van der Waals surface area contributed by atoms with E-state index in [-0.39, 0.29) is 6.54 Å². The van der Waals surface area contributed by atoms with Gasteiger partial charge in [0.2, 0.25) is 0 Å². The van der Waals surface area contributed by atoms with E-state index in [1.54, 1.807) is 10.9 Å². The van der Waals surface area contributed by atoms with Gasteiger partial charge in [0.15, 0.2) is 0 Å². The highest BCUT2D eigenvalue weighted by atomic mass is 79.9. The number of aliphatic imine (C=N–C) groups is 1. The lowest BCUT2D eigenvalue weighted by Crippen LogP contribution is -1.94. The van der Waals surface area contributed by atoms with E-state index >= 15 is 0 Å². The molecule has 0 bridgehead atoms. The maximum Gasteiger partial charge on any atom is 0.128 e. The number of benzene rings is 2. The SMILES string of the molecule is Clc1c(Br)ccc2c1C=NC2.N#CCn1cc2c(Cl)c(Br)ccc2n1. The summed E-state index contributed by atoms with van der Waals surface area (Å²) in [4.78, 5) is 4.12. The van der Waals surface area contributed by atoms with Crippen molar-refractivity contribution in [3.8, 4) is 6.07 Å². The largest absolute Gasteiger partial charge is 0.288 e. The number of rotatable bonds is 1. The number of fused-ring (bicyclic) bond motifs is 2. The Labute approximate surface area is 171 Å². The summed E-state index contributed by atoms with van der Waals surface area (Å²) in [5.74, 6) is 0. The quantitative estimate of drug-likeness (QED) is 0.411. The highest BCUT2D eigenvalue weighted by Crippen LogP contribution is 2.31. The zero-order valence-corrected chi connectivity index (χ0v) is 17.4. The van der Waals surface area contributed by atoms with Gasteiger partial charge in [-0.2, -0.15) is 10.4 Å². The topological polar surface area (TPSA) is 54.0 Å². The van der Waals surface area contributed by atoms with Gasteiger partial charge in [-0.15, -0.1) is 0 Å². The van der Waals surface area contributed by atoms with Gasteiger partial charge in [-0.1, -0.05) is 29.3 Å². The molecular formula is C17H10Br2Cl2N4. The van der Waals surface area contributed by atoms with Crippen LogP contribution in [0, 0.1) is 11.3 Å². The van der Waals surface area contributed by atoms with Crippen molar-refractivity contribution in [2.45, 2.75) is 13.1 Å². The first-order valence-electron chi connectivity index (χ1n) is 7.16. The van der Waals surface area contributed by atoms with Crippen molar-refractivity contribution >= 4 is 72.2 Å². The van der Waals surface area contributed by atoms with Crippen molar-refractivity contribution < 1.29 is 0 Å². The van der Waals surface area contributed by atoms with E-state index in [1.165, 1.54) is 5.56 Å². The Kier molecular flexibility index (Phi) is 5.80. The first-order chi connectivity index (χ1) is 12.0. The van der Waals surface area contributed by atoms with Crippen molar-refractivity contribution in [1.29, 1.82) is 5.26 Å². The van der Waals surface area contributed by atoms with E-state index in [0.717, 1.165) is 37.0 Å². The molecule has 0 aliphatic carbocycles. The molecule has 0 saturated carbocycles. The van der Waals surface area contributed by atoms with Crippen molar-refractivity contribution in [3.63, 3.8) is 0 Å². The summed E-state index contributed by atoms with van der Waals surface area (Å²) in [6, 6.07) is 9.72. The fourth-order valence-corrected chi connectivity index (χ4v) is 3.49. The molecule has 4 nitrogen and oxygen atoms in total. The Bertz CT molecular complexity index is 1020. The molecule has 3 aromatic rings. The van der Waals surface area contributed by atoms with Crippen molar-refractivity contribution in [2.75, 3.05) is 0 Å². The summed E-state index contributed by atoms with van der Waals surface area (Å²) in [6.07, 6.45) is 3.59. The number of nitrogens with zero attached hydrogens (tertiary/aromatic N) is 4. The average molecular weight is 501 g/mol. The van der Waals surface area contributed by atoms with Gasteiger partial charge in [0.1, 0.15) is 6.54 Å². The third-order valence-electron chi connectivity index (χ3n) is 3.56. The minimum atomic E-state index is 0.239. The van der Waals surface area contributed by atoms with Crippen LogP contribution in [0.4, 0.5) is 0 Å². The van der Waals surface area contributed by atoms with E-state index in [0.29, 0.717) is 5.02 Å². The molecule has 0 radical (unpaired) electrons. The molecule has 0 unspecified atom stereocenters. The van der Waals surface area contributed by atoms with Crippen molar-refractivity contribution in [2.24, 2.45) is 4.99 Å². The molecule has 8 heteroatoms. The molecule has 0 atom stereocenters. The van der Waals surface area contributed by atoms with Crippen molar-refractivity contribution in [3.05, 3.63) is 60.6 Å². The number of nitriles is 1. The van der Waals surface area contributed by atoms with E-state index in [9.17, 15) is 0 Å². The van der Waals surface area contributed by atoms with E-state index in [4.69, 9.17) is 28.5 Å². The minimum absolute atomic E-state index is 0.239. The second kappa shape index (κ2) is 7.88. The molecule has 0 saturated heterocycles. The Balaban J connectivity index is 0.000000150. The van der Waals surface area contributed by atoms with E-state index in [2.05, 4.69) is 42.0 Å². The van der Waals surface area contributed by atoms with Crippen LogP contribution in [0.25, 0.3) is 10.9 Å². The molecule has 126 valence electrons. The third-order valence-corrected chi connectivity index (χ3v) is 6.15. The van der Waals surface area contributed by atoms with Crippen LogP contribution in [0.2, 0.25) is 10.0 Å². The monoisotopic (exact) mass is 498 g/mol. The number of aromatic nitrogens is 2. The normalized spacial score (nSPS) is 11.8. The Hall–Kier alpha value is -1.39. The Morgan fingerprint density at radius 1 is 1.12 bits per heavy atom. The second-order valence-corrected chi connectivity index (χ2v) is 7.65. The lowest BCUT2D eigenvalue weighted by molar-refractivity contribution is 0.719. The zero-order chi connectivity index (χ0) is 18.0. The molecular weight excluding hydrogens is 491 g/mol. The summed E-state index contributed by atoms with van der Waals surface area (Å²) in [6.45, 7) is 1.00. The van der Waals surface area contributed by atoms with E-state index < -0.39 is 0 Å². The molecule has 4 rings (SSSR count). The Morgan fingerprint density at radius 3 is 2.60 bits per heavy atom. The predicted octanol–water partition coefficient (Wildman–Crippen LogP) is 6.01. The van der Waals surface area contributed by atoms with Crippen LogP contribution in [0.1, 0.15) is 11.1 Å².